The van der Waals surface area contributed by atoms with Crippen molar-refractivity contribution < 1.29 is 14.4 Å². The maximum atomic E-state index is 12.8. The molecule has 1 saturated heterocycles. The number of carbonyl (C=O) groups excluding carboxylic acids is 3. The van der Waals surface area contributed by atoms with E-state index >= 15 is 0 Å². The van der Waals surface area contributed by atoms with Crippen LogP contribution >= 0.6 is 11.6 Å². The maximum absolute atomic E-state index is 12.8. The molecule has 3 amide bonds. The summed E-state index contributed by atoms with van der Waals surface area (Å²) in [5, 5.41) is 3.13. The van der Waals surface area contributed by atoms with E-state index in [1.165, 1.54) is 4.90 Å². The average Bonchev–Trinajstić information content (AvgIpc) is 2.95. The van der Waals surface area contributed by atoms with Gasteiger partial charge in [-0.25, -0.2) is 4.90 Å². The predicted molar refractivity (Wildman–Crippen MR) is 108 cm³/mol. The van der Waals surface area contributed by atoms with E-state index in [2.05, 4.69) is 5.32 Å². The Balaban J connectivity index is 1.55. The second-order valence-electron chi connectivity index (χ2n) is 7.04. The number of anilines is 2. The molecule has 0 radical (unpaired) electrons. The molecule has 2 atom stereocenters. The second kappa shape index (κ2) is 7.60. The van der Waals surface area contributed by atoms with Gasteiger partial charge in [-0.2, -0.15) is 0 Å². The minimum atomic E-state index is -0.302. The molecule has 142 valence electrons. The summed E-state index contributed by atoms with van der Waals surface area (Å²) in [5.74, 6) is -1.21. The van der Waals surface area contributed by atoms with Crippen LogP contribution in [0.4, 0.5) is 11.4 Å². The molecule has 1 heterocycles. The van der Waals surface area contributed by atoms with Crippen LogP contribution in [-0.2, 0) is 20.8 Å². The summed E-state index contributed by atoms with van der Waals surface area (Å²) in [6.45, 7) is 0. The normalized spacial score (nSPS) is 21.0. The van der Waals surface area contributed by atoms with Gasteiger partial charge in [0, 0.05) is 0 Å². The van der Waals surface area contributed by atoms with Gasteiger partial charge in [0.1, 0.15) is 0 Å². The Kier molecular flexibility index (Phi) is 5.01. The molecule has 0 aromatic heterocycles. The highest BCUT2D eigenvalue weighted by Crippen LogP contribution is 2.39. The van der Waals surface area contributed by atoms with Crippen molar-refractivity contribution in [2.24, 2.45) is 11.8 Å². The summed E-state index contributed by atoms with van der Waals surface area (Å²) in [6.07, 6.45) is 5.28. The molecule has 0 bridgehead atoms. The molecule has 28 heavy (non-hydrogen) atoms. The van der Waals surface area contributed by atoms with Crippen LogP contribution in [0.2, 0.25) is 5.02 Å². The molecule has 2 aliphatic rings. The molecule has 5 nitrogen and oxygen atoms in total. The van der Waals surface area contributed by atoms with Gasteiger partial charge in [-0.3, -0.25) is 14.4 Å². The molecule has 1 N–H and O–H groups in total. The molecule has 6 heteroatoms. The summed E-state index contributed by atoms with van der Waals surface area (Å²) < 4.78 is 0. The van der Waals surface area contributed by atoms with Crippen LogP contribution in [-0.4, -0.2) is 17.7 Å². The zero-order chi connectivity index (χ0) is 19.7. The quantitative estimate of drug-likeness (QED) is 0.630. The lowest BCUT2D eigenvalue weighted by molar-refractivity contribution is -0.122. The Morgan fingerprint density at radius 2 is 1.64 bits per heavy atom. The van der Waals surface area contributed by atoms with Crippen molar-refractivity contribution in [1.82, 2.24) is 0 Å². The Bertz CT molecular complexity index is 945. The van der Waals surface area contributed by atoms with Crippen molar-refractivity contribution in [1.29, 1.82) is 0 Å². The van der Waals surface area contributed by atoms with Crippen molar-refractivity contribution in [3.63, 3.8) is 0 Å². The van der Waals surface area contributed by atoms with Crippen molar-refractivity contribution >= 4 is 40.7 Å². The third-order valence-corrected chi connectivity index (χ3v) is 5.53. The lowest BCUT2D eigenvalue weighted by atomic mass is 9.85. The van der Waals surface area contributed by atoms with Crippen molar-refractivity contribution in [2.45, 2.75) is 19.3 Å². The number of halogens is 1. The summed E-state index contributed by atoms with van der Waals surface area (Å²) in [6, 6.07) is 14.2. The van der Waals surface area contributed by atoms with Crippen LogP contribution in [0.5, 0.6) is 0 Å². The van der Waals surface area contributed by atoms with E-state index in [1.807, 2.05) is 42.5 Å². The van der Waals surface area contributed by atoms with E-state index in [-0.39, 0.29) is 36.0 Å². The molecule has 2 aromatic rings. The van der Waals surface area contributed by atoms with Gasteiger partial charge in [-0.05, 0) is 36.6 Å². The average molecular weight is 395 g/mol. The van der Waals surface area contributed by atoms with E-state index in [1.54, 1.807) is 18.2 Å². The molecule has 0 saturated carbocycles. The molecule has 4 rings (SSSR count). The first-order valence-corrected chi connectivity index (χ1v) is 9.58. The van der Waals surface area contributed by atoms with Gasteiger partial charge in [0.05, 0.1) is 34.7 Å². The topological polar surface area (TPSA) is 66.5 Å². The van der Waals surface area contributed by atoms with Crippen molar-refractivity contribution in [3.8, 4) is 0 Å². The molecule has 2 aromatic carbocycles. The van der Waals surface area contributed by atoms with Crippen molar-refractivity contribution in [2.75, 3.05) is 10.2 Å². The highest BCUT2D eigenvalue weighted by molar-refractivity contribution is 6.34. The van der Waals surface area contributed by atoms with Gasteiger partial charge in [0.2, 0.25) is 17.7 Å². The molecule has 2 unspecified atom stereocenters. The van der Waals surface area contributed by atoms with Crippen LogP contribution in [0.15, 0.2) is 60.7 Å². The van der Waals surface area contributed by atoms with Crippen LogP contribution in [0.3, 0.4) is 0 Å². The molecule has 1 aliphatic carbocycles. The smallest absolute Gasteiger partial charge is 0.238 e. The Hall–Kier alpha value is -2.92. The maximum Gasteiger partial charge on any atom is 0.238 e. The second-order valence-corrected chi connectivity index (χ2v) is 7.45. The Labute approximate surface area is 168 Å². The number of allylic oxidation sites excluding steroid dienone is 2. The first-order chi connectivity index (χ1) is 13.5. The molecule has 0 spiro atoms. The number of nitrogens with zero attached hydrogens (tertiary/aromatic N) is 1. The van der Waals surface area contributed by atoms with Gasteiger partial charge in [-0.1, -0.05) is 54.1 Å². The molecular formula is C22H19ClN2O3. The van der Waals surface area contributed by atoms with E-state index < -0.39 is 0 Å². The summed E-state index contributed by atoms with van der Waals surface area (Å²) in [4.78, 5) is 39.1. The minimum Gasteiger partial charge on any atom is -0.324 e. The third-order valence-electron chi connectivity index (χ3n) is 5.20. The van der Waals surface area contributed by atoms with Gasteiger partial charge in [0.15, 0.2) is 0 Å². The minimum absolute atomic E-state index is 0.191. The fourth-order valence-electron chi connectivity index (χ4n) is 3.78. The standard InChI is InChI=1S/C22H19ClN2O3/c23-18-11-10-15(25-21(27)16-8-4-5-9-17(16)22(25)28)13-19(18)24-20(26)12-14-6-2-1-3-7-14/h1-7,10-11,13,16-17H,8-9,12H2,(H,24,26). The Morgan fingerprint density at radius 3 is 2.29 bits per heavy atom. The lowest BCUT2D eigenvalue weighted by Crippen LogP contribution is -2.31. The molecule has 1 aliphatic heterocycles. The van der Waals surface area contributed by atoms with E-state index in [0.717, 1.165) is 5.56 Å². The van der Waals surface area contributed by atoms with Crippen molar-refractivity contribution in [3.05, 3.63) is 71.3 Å². The number of nitrogens with one attached hydrogen (secondary N) is 1. The number of benzene rings is 2. The summed E-state index contributed by atoms with van der Waals surface area (Å²) in [7, 11) is 0. The van der Waals surface area contributed by atoms with Crippen LogP contribution < -0.4 is 10.2 Å². The van der Waals surface area contributed by atoms with E-state index in [4.69, 9.17) is 11.6 Å². The number of hydrogen-bond acceptors (Lipinski definition) is 3. The van der Waals surface area contributed by atoms with Crippen LogP contribution in [0.1, 0.15) is 18.4 Å². The lowest BCUT2D eigenvalue weighted by Gasteiger charge is -2.17. The fourth-order valence-corrected chi connectivity index (χ4v) is 3.94. The van der Waals surface area contributed by atoms with E-state index in [0.29, 0.717) is 29.2 Å². The summed E-state index contributed by atoms with van der Waals surface area (Å²) >= 11 is 6.23. The highest BCUT2D eigenvalue weighted by Gasteiger charge is 2.47. The number of amides is 3. The van der Waals surface area contributed by atoms with E-state index in [9.17, 15) is 14.4 Å². The molecule has 1 fully saturated rings. The zero-order valence-corrected chi connectivity index (χ0v) is 15.9. The first kappa shape index (κ1) is 18.4. The van der Waals surface area contributed by atoms with Gasteiger partial charge < -0.3 is 5.32 Å². The van der Waals surface area contributed by atoms with Crippen LogP contribution in [0.25, 0.3) is 0 Å². The first-order valence-electron chi connectivity index (χ1n) is 9.21. The number of imide groups is 1. The van der Waals surface area contributed by atoms with Gasteiger partial charge >= 0.3 is 0 Å². The van der Waals surface area contributed by atoms with Crippen LogP contribution in [0, 0.1) is 11.8 Å². The number of carbonyl (C=O) groups is 3. The number of rotatable bonds is 4. The Morgan fingerprint density at radius 1 is 1.00 bits per heavy atom. The third kappa shape index (κ3) is 3.45. The monoisotopic (exact) mass is 394 g/mol. The fraction of sp³-hybridized carbons (Fsp3) is 0.227. The highest BCUT2D eigenvalue weighted by atomic mass is 35.5. The molecular weight excluding hydrogens is 376 g/mol. The largest absolute Gasteiger partial charge is 0.324 e. The SMILES string of the molecule is O=C(Cc1ccccc1)Nc1cc(N2C(=O)C3CC=CCC3C2=O)ccc1Cl. The van der Waals surface area contributed by atoms with Gasteiger partial charge in [-0.15, -0.1) is 0 Å². The number of hydrogen-bond donors (Lipinski definition) is 1. The predicted octanol–water partition coefficient (Wildman–Crippen LogP) is 3.98. The van der Waals surface area contributed by atoms with Gasteiger partial charge in [0.25, 0.3) is 0 Å². The number of fused-ring (bicyclic) bond motifs is 1. The summed E-state index contributed by atoms with van der Waals surface area (Å²) in [5.41, 5.74) is 1.70. The zero-order valence-electron chi connectivity index (χ0n) is 15.1.